The lowest BCUT2D eigenvalue weighted by molar-refractivity contribution is 0.0546. The molecule has 0 amide bonds. The van der Waals surface area contributed by atoms with Crippen molar-refractivity contribution in [1.29, 1.82) is 0 Å². The molecule has 0 N–H and O–H groups in total. The largest absolute Gasteiger partial charge is 0.472 e. The first kappa shape index (κ1) is 15.0. The van der Waals surface area contributed by atoms with Crippen LogP contribution in [0.5, 0.6) is 0 Å². The molecular formula is C14H22N2O4S. The van der Waals surface area contributed by atoms with Crippen LogP contribution in [0.1, 0.15) is 12.5 Å². The predicted octanol–water partition coefficient (Wildman–Crippen LogP) is 0.762. The average Bonchev–Trinajstić information content (AvgIpc) is 3.06. The molecule has 0 aliphatic carbocycles. The van der Waals surface area contributed by atoms with Crippen LogP contribution in [0.2, 0.25) is 0 Å². The minimum absolute atomic E-state index is 0.0284. The number of fused-ring (bicyclic) bond motifs is 1. The third-order valence-electron chi connectivity index (χ3n) is 4.32. The van der Waals surface area contributed by atoms with E-state index in [1.807, 2.05) is 6.07 Å². The van der Waals surface area contributed by atoms with Crippen molar-refractivity contribution in [1.82, 2.24) is 9.21 Å². The van der Waals surface area contributed by atoms with Crippen LogP contribution >= 0.6 is 0 Å². The van der Waals surface area contributed by atoms with Crippen molar-refractivity contribution in [2.45, 2.75) is 19.6 Å². The molecule has 1 aromatic heterocycles. The fraction of sp³-hybridized carbons (Fsp3) is 0.714. The van der Waals surface area contributed by atoms with E-state index >= 15 is 0 Å². The van der Waals surface area contributed by atoms with Crippen LogP contribution in [0, 0.1) is 5.92 Å². The normalized spacial score (nSPS) is 28.4. The van der Waals surface area contributed by atoms with Gasteiger partial charge in [-0.15, -0.1) is 0 Å². The molecule has 118 valence electrons. The Morgan fingerprint density at radius 2 is 2.19 bits per heavy atom. The Hall–Kier alpha value is -0.890. The Kier molecular flexibility index (Phi) is 4.35. The molecule has 2 atom stereocenters. The average molecular weight is 314 g/mol. The van der Waals surface area contributed by atoms with E-state index in [4.69, 9.17) is 9.15 Å². The molecule has 2 saturated heterocycles. The first-order chi connectivity index (χ1) is 10.1. The van der Waals surface area contributed by atoms with E-state index in [0.717, 1.165) is 25.2 Å². The maximum Gasteiger partial charge on any atom is 0.213 e. The molecule has 3 heterocycles. The maximum atomic E-state index is 12.0. The molecule has 2 aliphatic rings. The summed E-state index contributed by atoms with van der Waals surface area (Å²) in [4.78, 5) is 2.32. The van der Waals surface area contributed by atoms with Crippen molar-refractivity contribution in [3.63, 3.8) is 0 Å². The molecule has 21 heavy (non-hydrogen) atoms. The lowest BCUT2D eigenvalue weighted by atomic mass is 10.1. The molecule has 0 spiro atoms. The van der Waals surface area contributed by atoms with Crippen molar-refractivity contribution >= 4 is 10.0 Å². The van der Waals surface area contributed by atoms with Crippen LogP contribution < -0.4 is 0 Å². The molecule has 1 aromatic rings. The minimum Gasteiger partial charge on any atom is -0.472 e. The Balaban J connectivity index is 1.65. The molecule has 7 heteroatoms. The van der Waals surface area contributed by atoms with Gasteiger partial charge in [-0.1, -0.05) is 0 Å². The van der Waals surface area contributed by atoms with Gasteiger partial charge in [0.2, 0.25) is 10.0 Å². The first-order valence-corrected chi connectivity index (χ1v) is 9.02. The fourth-order valence-corrected chi connectivity index (χ4v) is 4.28. The van der Waals surface area contributed by atoms with E-state index in [-0.39, 0.29) is 17.8 Å². The molecular weight excluding hydrogens is 292 g/mol. The van der Waals surface area contributed by atoms with Gasteiger partial charge in [-0.25, -0.2) is 8.42 Å². The minimum atomic E-state index is -3.12. The summed E-state index contributed by atoms with van der Waals surface area (Å²) in [5, 5.41) is 0. The topological polar surface area (TPSA) is 63.0 Å². The van der Waals surface area contributed by atoms with Crippen molar-refractivity contribution in [2.75, 3.05) is 38.5 Å². The van der Waals surface area contributed by atoms with E-state index < -0.39 is 10.0 Å². The zero-order valence-corrected chi connectivity index (χ0v) is 13.1. The number of sulfonamides is 1. The molecule has 0 bridgehead atoms. The van der Waals surface area contributed by atoms with Crippen LogP contribution in [-0.2, 0) is 21.3 Å². The van der Waals surface area contributed by atoms with Crippen LogP contribution in [0.15, 0.2) is 23.0 Å². The molecule has 2 fully saturated rings. The van der Waals surface area contributed by atoms with E-state index in [9.17, 15) is 8.42 Å². The highest BCUT2D eigenvalue weighted by atomic mass is 32.2. The highest BCUT2D eigenvalue weighted by Gasteiger charge is 2.40. The van der Waals surface area contributed by atoms with Crippen LogP contribution in [0.25, 0.3) is 0 Å². The summed E-state index contributed by atoms with van der Waals surface area (Å²) < 4.78 is 36.6. The Morgan fingerprint density at radius 3 is 2.90 bits per heavy atom. The second kappa shape index (κ2) is 6.08. The van der Waals surface area contributed by atoms with Gasteiger partial charge in [0.15, 0.2) is 0 Å². The van der Waals surface area contributed by atoms with Gasteiger partial charge in [-0.2, -0.15) is 4.31 Å². The number of furan rings is 1. The number of hydrogen-bond acceptors (Lipinski definition) is 5. The highest BCUT2D eigenvalue weighted by Crippen LogP contribution is 2.26. The van der Waals surface area contributed by atoms with Gasteiger partial charge in [0.25, 0.3) is 0 Å². The van der Waals surface area contributed by atoms with E-state index in [0.29, 0.717) is 19.7 Å². The predicted molar refractivity (Wildman–Crippen MR) is 78.2 cm³/mol. The number of ether oxygens (including phenoxy) is 1. The van der Waals surface area contributed by atoms with E-state index in [2.05, 4.69) is 4.90 Å². The van der Waals surface area contributed by atoms with Gasteiger partial charge in [0, 0.05) is 44.2 Å². The maximum absolute atomic E-state index is 12.0. The van der Waals surface area contributed by atoms with Crippen LogP contribution in [0.4, 0.5) is 0 Å². The van der Waals surface area contributed by atoms with Crippen molar-refractivity contribution < 1.29 is 17.6 Å². The second-order valence-corrected chi connectivity index (χ2v) is 8.01. The third-order valence-corrected chi connectivity index (χ3v) is 6.14. The van der Waals surface area contributed by atoms with E-state index in [1.54, 1.807) is 23.8 Å². The van der Waals surface area contributed by atoms with Gasteiger partial charge in [-0.3, -0.25) is 4.90 Å². The van der Waals surface area contributed by atoms with Crippen molar-refractivity contribution in [3.05, 3.63) is 24.2 Å². The monoisotopic (exact) mass is 314 g/mol. The lowest BCUT2D eigenvalue weighted by Crippen LogP contribution is -2.34. The summed E-state index contributed by atoms with van der Waals surface area (Å²) in [6.07, 6.45) is 3.46. The SMILES string of the molecule is CCS(=O)(=O)N1C[C@@H]2CN(Cc3ccoc3)CCO[C@@H]2C1. The smallest absolute Gasteiger partial charge is 0.213 e. The Bertz CT molecular complexity index is 558. The molecule has 6 nitrogen and oxygen atoms in total. The molecule has 0 unspecified atom stereocenters. The van der Waals surface area contributed by atoms with Gasteiger partial charge in [0.1, 0.15) is 0 Å². The molecule has 3 rings (SSSR count). The van der Waals surface area contributed by atoms with Gasteiger partial charge in [-0.05, 0) is 13.0 Å². The Labute approximate surface area is 125 Å². The summed E-state index contributed by atoms with van der Waals surface area (Å²) in [7, 11) is -3.12. The number of rotatable bonds is 4. The van der Waals surface area contributed by atoms with Crippen molar-refractivity contribution in [3.8, 4) is 0 Å². The summed E-state index contributed by atoms with van der Waals surface area (Å²) in [6.45, 7) is 5.98. The summed E-state index contributed by atoms with van der Waals surface area (Å²) in [5.41, 5.74) is 1.14. The number of nitrogens with zero attached hydrogens (tertiary/aromatic N) is 2. The second-order valence-electron chi connectivity index (χ2n) is 5.75. The van der Waals surface area contributed by atoms with Crippen LogP contribution in [0.3, 0.4) is 0 Å². The molecule has 0 aromatic carbocycles. The van der Waals surface area contributed by atoms with Gasteiger partial charge >= 0.3 is 0 Å². The van der Waals surface area contributed by atoms with Gasteiger partial charge in [0.05, 0.1) is 31.0 Å². The third kappa shape index (κ3) is 3.31. The summed E-state index contributed by atoms with van der Waals surface area (Å²) in [5.74, 6) is 0.409. The summed E-state index contributed by atoms with van der Waals surface area (Å²) >= 11 is 0. The molecule has 0 radical (unpaired) electrons. The van der Waals surface area contributed by atoms with Gasteiger partial charge < -0.3 is 9.15 Å². The zero-order chi connectivity index (χ0) is 14.9. The first-order valence-electron chi connectivity index (χ1n) is 7.41. The number of hydrogen-bond donors (Lipinski definition) is 0. The Morgan fingerprint density at radius 1 is 1.33 bits per heavy atom. The zero-order valence-electron chi connectivity index (χ0n) is 12.3. The van der Waals surface area contributed by atoms with Crippen molar-refractivity contribution in [2.24, 2.45) is 5.92 Å². The van der Waals surface area contributed by atoms with Crippen LogP contribution in [-0.4, -0.2) is 62.3 Å². The lowest BCUT2D eigenvalue weighted by Gasteiger charge is -2.22. The standard InChI is InChI=1S/C14H22N2O4S/c1-2-21(17,18)16-9-13-8-15(4-6-20-14(13)10-16)7-12-3-5-19-11-12/h3,5,11,13-14H,2,4,6-10H2,1H3/t13-,14+/m0/s1. The quantitative estimate of drug-likeness (QED) is 0.821. The molecule has 0 saturated carbocycles. The van der Waals surface area contributed by atoms with E-state index in [1.165, 1.54) is 0 Å². The summed E-state index contributed by atoms with van der Waals surface area (Å²) in [6, 6.07) is 1.96. The molecule has 2 aliphatic heterocycles. The highest BCUT2D eigenvalue weighted by molar-refractivity contribution is 7.89. The fourth-order valence-electron chi connectivity index (χ4n) is 3.12.